The number of aromatic nitrogens is 1. The van der Waals surface area contributed by atoms with E-state index in [4.69, 9.17) is 0 Å². The standard InChI is InChI=1S/C19H24NO/c1-4-5-8-17-9-6-7-12-20(17)14-19(21)18-11-10-15(2)13-16(18)3/h6-7,9-13H,4-5,8,14H2,1-3H3/q+1. The monoisotopic (exact) mass is 282 g/mol. The highest BCUT2D eigenvalue weighted by molar-refractivity contribution is 5.96. The number of carbonyl (C=O) groups is 1. The second-order valence-electron chi connectivity index (χ2n) is 5.66. The molecule has 0 N–H and O–H groups in total. The van der Waals surface area contributed by atoms with Crippen LogP contribution in [0.25, 0.3) is 0 Å². The largest absolute Gasteiger partial charge is 0.287 e. The summed E-state index contributed by atoms with van der Waals surface area (Å²) in [6.07, 6.45) is 5.35. The third kappa shape index (κ3) is 4.01. The number of nitrogens with zero attached hydrogens (tertiary/aromatic N) is 1. The molecule has 1 aromatic carbocycles. The number of hydrogen-bond acceptors (Lipinski definition) is 1. The second kappa shape index (κ2) is 7.16. The number of hydrogen-bond donors (Lipinski definition) is 0. The lowest BCUT2D eigenvalue weighted by atomic mass is 10.0. The van der Waals surface area contributed by atoms with Crippen LogP contribution in [0.2, 0.25) is 0 Å². The van der Waals surface area contributed by atoms with Gasteiger partial charge in [-0.05, 0) is 25.8 Å². The lowest BCUT2D eigenvalue weighted by molar-refractivity contribution is -0.690. The zero-order valence-electron chi connectivity index (χ0n) is 13.2. The summed E-state index contributed by atoms with van der Waals surface area (Å²) in [5.74, 6) is 0.182. The fraction of sp³-hybridized carbons (Fsp3) is 0.368. The van der Waals surface area contributed by atoms with Gasteiger partial charge in [0.1, 0.15) is 0 Å². The number of unbranched alkanes of at least 4 members (excludes halogenated alkanes) is 1. The van der Waals surface area contributed by atoms with E-state index in [1.54, 1.807) is 0 Å². The van der Waals surface area contributed by atoms with Crippen molar-refractivity contribution in [3.63, 3.8) is 0 Å². The number of Topliss-reactive ketones (excluding diaryl/α,β-unsaturated/α-hetero) is 1. The van der Waals surface area contributed by atoms with Gasteiger partial charge in [-0.2, -0.15) is 4.57 Å². The molecular formula is C19H24NO+. The van der Waals surface area contributed by atoms with E-state index in [9.17, 15) is 4.79 Å². The molecule has 0 saturated carbocycles. The normalized spacial score (nSPS) is 10.6. The van der Waals surface area contributed by atoms with E-state index in [0.29, 0.717) is 6.54 Å². The highest BCUT2D eigenvalue weighted by Gasteiger charge is 2.17. The minimum Gasteiger partial charge on any atom is -0.287 e. The Morgan fingerprint density at radius 1 is 1.14 bits per heavy atom. The molecule has 0 aliphatic heterocycles. The molecular weight excluding hydrogens is 258 g/mol. The van der Waals surface area contributed by atoms with Crippen LogP contribution in [0.3, 0.4) is 0 Å². The molecule has 0 radical (unpaired) electrons. The first kappa shape index (κ1) is 15.4. The fourth-order valence-electron chi connectivity index (χ4n) is 2.62. The molecule has 21 heavy (non-hydrogen) atoms. The van der Waals surface area contributed by atoms with Gasteiger partial charge < -0.3 is 0 Å². The van der Waals surface area contributed by atoms with Gasteiger partial charge in [0.05, 0.1) is 0 Å². The van der Waals surface area contributed by atoms with Crippen molar-refractivity contribution in [2.45, 2.75) is 46.6 Å². The topological polar surface area (TPSA) is 20.9 Å². The minimum atomic E-state index is 0.182. The van der Waals surface area contributed by atoms with Crippen LogP contribution in [0.4, 0.5) is 0 Å². The number of benzene rings is 1. The van der Waals surface area contributed by atoms with Crippen molar-refractivity contribution in [1.82, 2.24) is 0 Å². The van der Waals surface area contributed by atoms with E-state index < -0.39 is 0 Å². The van der Waals surface area contributed by atoms with Crippen LogP contribution in [0.5, 0.6) is 0 Å². The average molecular weight is 282 g/mol. The Kier molecular flexibility index (Phi) is 5.26. The molecule has 0 unspecified atom stereocenters. The molecule has 0 atom stereocenters. The highest BCUT2D eigenvalue weighted by Crippen LogP contribution is 2.11. The molecule has 0 spiro atoms. The summed E-state index contributed by atoms with van der Waals surface area (Å²) < 4.78 is 2.08. The Morgan fingerprint density at radius 2 is 1.95 bits per heavy atom. The summed E-state index contributed by atoms with van der Waals surface area (Å²) in [5.41, 5.74) is 4.32. The number of pyridine rings is 1. The van der Waals surface area contributed by atoms with E-state index in [1.807, 2.05) is 37.4 Å². The molecule has 110 valence electrons. The Bertz CT molecular complexity index is 631. The molecule has 2 rings (SSSR count). The SMILES string of the molecule is CCCCc1cccc[n+]1CC(=O)c1ccc(C)cc1C. The smallest absolute Gasteiger partial charge is 0.227 e. The van der Waals surface area contributed by atoms with E-state index in [2.05, 4.69) is 30.5 Å². The number of carbonyl (C=O) groups excluding carboxylic acids is 1. The maximum Gasteiger partial charge on any atom is 0.227 e. The van der Waals surface area contributed by atoms with E-state index >= 15 is 0 Å². The first-order chi connectivity index (χ1) is 10.1. The van der Waals surface area contributed by atoms with Crippen LogP contribution in [-0.2, 0) is 13.0 Å². The number of rotatable bonds is 6. The molecule has 1 heterocycles. The van der Waals surface area contributed by atoms with Gasteiger partial charge in [0.15, 0.2) is 11.9 Å². The molecule has 2 heteroatoms. The molecule has 0 amide bonds. The Balaban J connectivity index is 2.19. The van der Waals surface area contributed by atoms with Crippen molar-refractivity contribution in [3.8, 4) is 0 Å². The van der Waals surface area contributed by atoms with Gasteiger partial charge in [-0.15, -0.1) is 0 Å². The van der Waals surface area contributed by atoms with Crippen LogP contribution in [0, 0.1) is 13.8 Å². The molecule has 0 aliphatic rings. The van der Waals surface area contributed by atoms with Crippen LogP contribution in [-0.4, -0.2) is 5.78 Å². The van der Waals surface area contributed by atoms with Gasteiger partial charge in [-0.3, -0.25) is 4.79 Å². The summed E-state index contributed by atoms with van der Waals surface area (Å²) in [5, 5.41) is 0. The van der Waals surface area contributed by atoms with Crippen molar-refractivity contribution in [1.29, 1.82) is 0 Å². The van der Waals surface area contributed by atoms with Crippen LogP contribution in [0.15, 0.2) is 42.6 Å². The van der Waals surface area contributed by atoms with E-state index in [0.717, 1.165) is 24.0 Å². The molecule has 0 saturated heterocycles. The zero-order chi connectivity index (χ0) is 15.2. The third-order valence-corrected chi connectivity index (χ3v) is 3.82. The van der Waals surface area contributed by atoms with Crippen LogP contribution < -0.4 is 4.57 Å². The number of aryl methyl sites for hydroxylation is 3. The molecule has 2 nitrogen and oxygen atoms in total. The van der Waals surface area contributed by atoms with Crippen molar-refractivity contribution < 1.29 is 9.36 Å². The van der Waals surface area contributed by atoms with Crippen molar-refractivity contribution in [3.05, 3.63) is 65.0 Å². The maximum atomic E-state index is 12.6. The highest BCUT2D eigenvalue weighted by atomic mass is 16.1. The van der Waals surface area contributed by atoms with Gasteiger partial charge in [0, 0.05) is 24.1 Å². The summed E-state index contributed by atoms with van der Waals surface area (Å²) in [7, 11) is 0. The fourth-order valence-corrected chi connectivity index (χ4v) is 2.62. The quantitative estimate of drug-likeness (QED) is 0.583. The Labute approximate surface area is 127 Å². The summed E-state index contributed by atoms with van der Waals surface area (Å²) in [6, 6.07) is 12.2. The van der Waals surface area contributed by atoms with Crippen molar-refractivity contribution in [2.24, 2.45) is 0 Å². The third-order valence-electron chi connectivity index (χ3n) is 3.82. The molecule has 1 aromatic heterocycles. The van der Waals surface area contributed by atoms with Gasteiger partial charge >= 0.3 is 0 Å². The summed E-state index contributed by atoms with van der Waals surface area (Å²) in [4.78, 5) is 12.6. The van der Waals surface area contributed by atoms with Crippen LogP contribution in [0.1, 0.15) is 46.9 Å². The van der Waals surface area contributed by atoms with Gasteiger partial charge in [0.2, 0.25) is 12.3 Å². The number of ketones is 1. The second-order valence-corrected chi connectivity index (χ2v) is 5.66. The summed E-state index contributed by atoms with van der Waals surface area (Å²) >= 11 is 0. The molecule has 0 bridgehead atoms. The van der Waals surface area contributed by atoms with Gasteiger partial charge in [0.25, 0.3) is 0 Å². The lowest BCUT2D eigenvalue weighted by Crippen LogP contribution is -2.41. The predicted molar refractivity (Wildman–Crippen MR) is 85.5 cm³/mol. The molecule has 2 aromatic rings. The minimum absolute atomic E-state index is 0.182. The maximum absolute atomic E-state index is 12.6. The lowest BCUT2D eigenvalue weighted by Gasteiger charge is -2.06. The van der Waals surface area contributed by atoms with Gasteiger partial charge in [-0.25, -0.2) is 0 Å². The Morgan fingerprint density at radius 3 is 2.67 bits per heavy atom. The molecule has 0 aliphatic carbocycles. The first-order valence-electron chi connectivity index (χ1n) is 7.69. The van der Waals surface area contributed by atoms with Crippen molar-refractivity contribution >= 4 is 5.78 Å². The Hall–Kier alpha value is -1.96. The predicted octanol–water partition coefficient (Wildman–Crippen LogP) is 3.82. The van der Waals surface area contributed by atoms with E-state index in [1.165, 1.54) is 17.7 Å². The van der Waals surface area contributed by atoms with Gasteiger partial charge in [-0.1, -0.05) is 43.2 Å². The zero-order valence-corrected chi connectivity index (χ0v) is 13.2. The van der Waals surface area contributed by atoms with E-state index in [-0.39, 0.29) is 5.78 Å². The van der Waals surface area contributed by atoms with Crippen LogP contribution >= 0.6 is 0 Å². The molecule has 0 fully saturated rings. The first-order valence-corrected chi connectivity index (χ1v) is 7.69. The van der Waals surface area contributed by atoms with Crippen molar-refractivity contribution in [2.75, 3.05) is 0 Å². The average Bonchev–Trinajstić information content (AvgIpc) is 2.46. The summed E-state index contributed by atoms with van der Waals surface area (Å²) in [6.45, 7) is 6.67.